The quantitative estimate of drug-likeness (QED) is 0.301. The van der Waals surface area contributed by atoms with E-state index in [0.29, 0.717) is 59.6 Å². The van der Waals surface area contributed by atoms with Crippen molar-refractivity contribution in [1.82, 2.24) is 9.47 Å². The fraction of sp³-hybridized carbons (Fsp3) is 0.448. The van der Waals surface area contributed by atoms with Gasteiger partial charge in [-0.15, -0.1) is 0 Å². The number of benzene rings is 1. The molecule has 1 aromatic carbocycles. The summed E-state index contributed by atoms with van der Waals surface area (Å²) in [5.74, 6) is 0.340. The Kier molecular flexibility index (Phi) is 9.46. The van der Waals surface area contributed by atoms with Crippen LogP contribution in [0.5, 0.6) is 0 Å². The fourth-order valence-corrected chi connectivity index (χ4v) is 6.27. The third-order valence-electron chi connectivity index (χ3n) is 7.24. The van der Waals surface area contributed by atoms with E-state index in [4.69, 9.17) is 12.2 Å². The second kappa shape index (κ2) is 12.8. The molecule has 206 valence electrons. The van der Waals surface area contributed by atoms with Gasteiger partial charge >= 0.3 is 0 Å². The molecule has 1 amide bonds. The first-order valence-electron chi connectivity index (χ1n) is 13.5. The Hall–Kier alpha value is -3.16. The summed E-state index contributed by atoms with van der Waals surface area (Å²) in [7, 11) is 0. The molecule has 0 spiro atoms. The number of hydrogen-bond acceptors (Lipinski definition) is 7. The molecule has 0 aliphatic carbocycles. The summed E-state index contributed by atoms with van der Waals surface area (Å²) in [6, 6.07) is 8.60. The van der Waals surface area contributed by atoms with Gasteiger partial charge in [0.1, 0.15) is 27.6 Å². The van der Waals surface area contributed by atoms with Crippen molar-refractivity contribution in [2.24, 2.45) is 0 Å². The van der Waals surface area contributed by atoms with Gasteiger partial charge in [0, 0.05) is 50.5 Å². The molecular weight excluding hydrogens is 533 g/mol. The molecule has 0 radical (unpaired) electrons. The number of pyridine rings is 1. The minimum absolute atomic E-state index is 0.104. The number of rotatable bonds is 9. The number of nitriles is 1. The smallest absolute Gasteiger partial charge is 0.270 e. The largest absolute Gasteiger partial charge is 0.368 e. The first kappa shape index (κ1) is 28.8. The molecule has 0 unspecified atom stereocenters. The Morgan fingerprint density at radius 3 is 2.26 bits per heavy atom. The highest BCUT2D eigenvalue weighted by Gasteiger charge is 2.33. The lowest BCUT2D eigenvalue weighted by Crippen LogP contribution is -2.48. The summed E-state index contributed by atoms with van der Waals surface area (Å²) in [5, 5.41) is 9.92. The molecule has 0 bridgehead atoms. The molecule has 39 heavy (non-hydrogen) atoms. The molecule has 10 heteroatoms. The van der Waals surface area contributed by atoms with Crippen molar-refractivity contribution in [2.45, 2.75) is 53.0 Å². The van der Waals surface area contributed by atoms with E-state index < -0.39 is 0 Å². The number of thiocarbonyl (C=S) groups is 1. The van der Waals surface area contributed by atoms with Gasteiger partial charge in [0.15, 0.2) is 0 Å². The third kappa shape index (κ3) is 6.04. The maximum absolute atomic E-state index is 13.5. The van der Waals surface area contributed by atoms with Crippen molar-refractivity contribution in [3.63, 3.8) is 0 Å². The van der Waals surface area contributed by atoms with E-state index in [9.17, 15) is 19.2 Å². The Bertz CT molecular complexity index is 1370. The predicted molar refractivity (Wildman–Crippen MR) is 161 cm³/mol. The van der Waals surface area contributed by atoms with Gasteiger partial charge < -0.3 is 9.80 Å². The summed E-state index contributed by atoms with van der Waals surface area (Å²) >= 11 is 6.79. The van der Waals surface area contributed by atoms with Crippen molar-refractivity contribution in [2.75, 3.05) is 42.5 Å². The number of carbonyl (C=O) groups excluding carboxylic acids is 1. The molecule has 2 aliphatic heterocycles. The van der Waals surface area contributed by atoms with Crippen LogP contribution >= 0.6 is 24.0 Å². The van der Waals surface area contributed by atoms with Crippen LogP contribution in [0.25, 0.3) is 6.08 Å². The van der Waals surface area contributed by atoms with Gasteiger partial charge in [0.2, 0.25) is 0 Å². The van der Waals surface area contributed by atoms with Crippen LogP contribution in [-0.4, -0.2) is 52.4 Å². The van der Waals surface area contributed by atoms with Gasteiger partial charge in [0.25, 0.3) is 11.5 Å². The van der Waals surface area contributed by atoms with Gasteiger partial charge in [-0.05, 0) is 55.7 Å². The standard InChI is InChI=1S/C29H34FN5O2S2/c1-4-6-12-34-26(33-16-14-32(15-17-33)22-10-8-21(30)9-11-22)23(20(3)24(19-31)27(34)36)18-25-28(37)35(13-7-5-2)29(38)39-25/h8-11,18H,4-7,12-17H2,1-3H3/b25-18-. The number of halogens is 1. The Labute approximate surface area is 238 Å². The van der Waals surface area contributed by atoms with E-state index in [-0.39, 0.29) is 22.8 Å². The van der Waals surface area contributed by atoms with Crippen LogP contribution in [0.15, 0.2) is 34.0 Å². The van der Waals surface area contributed by atoms with Crippen LogP contribution in [0, 0.1) is 24.1 Å². The molecule has 2 aliphatic rings. The highest BCUT2D eigenvalue weighted by Crippen LogP contribution is 2.36. The second-order valence-corrected chi connectivity index (χ2v) is 11.5. The lowest BCUT2D eigenvalue weighted by Gasteiger charge is -2.39. The molecule has 7 nitrogen and oxygen atoms in total. The van der Waals surface area contributed by atoms with Crippen molar-refractivity contribution in [3.8, 4) is 6.07 Å². The molecule has 0 atom stereocenters. The molecule has 4 rings (SSSR count). The van der Waals surface area contributed by atoms with Gasteiger partial charge in [-0.1, -0.05) is 50.7 Å². The van der Waals surface area contributed by atoms with Crippen molar-refractivity contribution < 1.29 is 9.18 Å². The lowest BCUT2D eigenvalue weighted by atomic mass is 10.0. The Morgan fingerprint density at radius 2 is 1.64 bits per heavy atom. The topological polar surface area (TPSA) is 72.6 Å². The molecule has 3 heterocycles. The van der Waals surface area contributed by atoms with E-state index in [2.05, 4.69) is 29.7 Å². The number of amides is 1. The average molecular weight is 568 g/mol. The van der Waals surface area contributed by atoms with E-state index >= 15 is 0 Å². The van der Waals surface area contributed by atoms with Gasteiger partial charge in [-0.25, -0.2) is 4.39 Å². The Balaban J connectivity index is 1.77. The minimum Gasteiger partial charge on any atom is -0.368 e. The number of piperazine rings is 1. The highest BCUT2D eigenvalue weighted by atomic mass is 32.2. The summed E-state index contributed by atoms with van der Waals surface area (Å²) in [4.78, 5) is 33.3. The lowest BCUT2D eigenvalue weighted by molar-refractivity contribution is -0.122. The van der Waals surface area contributed by atoms with E-state index in [1.165, 1.54) is 23.9 Å². The highest BCUT2D eigenvalue weighted by molar-refractivity contribution is 8.26. The summed E-state index contributed by atoms with van der Waals surface area (Å²) in [5.41, 5.74) is 2.05. The zero-order valence-corrected chi connectivity index (χ0v) is 24.3. The number of anilines is 2. The SMILES string of the molecule is CCCCN1C(=O)/C(=C/c2c(C)c(C#N)c(=O)n(CCCC)c2N2CCN(c3ccc(F)cc3)CC2)SC1=S. The van der Waals surface area contributed by atoms with Gasteiger partial charge in [-0.2, -0.15) is 5.26 Å². The summed E-state index contributed by atoms with van der Waals surface area (Å²) in [6.45, 7) is 9.61. The molecule has 2 aromatic rings. The first-order chi connectivity index (χ1) is 18.8. The number of unbranched alkanes of at least 4 members (excludes halogenated alkanes) is 2. The maximum Gasteiger partial charge on any atom is 0.270 e. The number of thioether (sulfide) groups is 1. The fourth-order valence-electron chi connectivity index (χ4n) is 4.98. The molecular formula is C29H34FN5O2S2. The normalized spacial score (nSPS) is 16.9. The molecule has 0 saturated carbocycles. The van der Waals surface area contributed by atoms with Crippen LogP contribution < -0.4 is 15.4 Å². The van der Waals surface area contributed by atoms with Crippen LogP contribution in [0.3, 0.4) is 0 Å². The van der Waals surface area contributed by atoms with Crippen molar-refractivity contribution in [1.29, 1.82) is 5.26 Å². The monoisotopic (exact) mass is 567 g/mol. The zero-order valence-electron chi connectivity index (χ0n) is 22.7. The second-order valence-electron chi connectivity index (χ2n) is 9.80. The van der Waals surface area contributed by atoms with Gasteiger partial charge in [-0.3, -0.25) is 19.1 Å². The van der Waals surface area contributed by atoms with E-state index in [1.807, 2.05) is 6.08 Å². The predicted octanol–water partition coefficient (Wildman–Crippen LogP) is 5.30. The van der Waals surface area contributed by atoms with E-state index in [1.54, 1.807) is 28.5 Å². The van der Waals surface area contributed by atoms with Crippen LogP contribution in [0.4, 0.5) is 15.9 Å². The van der Waals surface area contributed by atoms with Crippen molar-refractivity contribution >= 4 is 51.8 Å². The summed E-state index contributed by atoms with van der Waals surface area (Å²) in [6.07, 6.45) is 5.32. The molecule has 0 N–H and O–H groups in total. The minimum atomic E-state index is -0.299. The zero-order chi connectivity index (χ0) is 28.1. The maximum atomic E-state index is 13.5. The summed E-state index contributed by atoms with van der Waals surface area (Å²) < 4.78 is 15.7. The van der Waals surface area contributed by atoms with Gasteiger partial charge in [0.05, 0.1) is 4.91 Å². The third-order valence-corrected chi connectivity index (χ3v) is 8.61. The van der Waals surface area contributed by atoms with Crippen LogP contribution in [0.1, 0.15) is 56.2 Å². The average Bonchev–Trinajstić information content (AvgIpc) is 3.20. The number of carbonyl (C=O) groups is 1. The molecule has 2 fully saturated rings. The number of nitrogens with zero attached hydrogens (tertiary/aromatic N) is 5. The number of aromatic nitrogens is 1. The number of hydrogen-bond donors (Lipinski definition) is 0. The van der Waals surface area contributed by atoms with Crippen molar-refractivity contribution in [3.05, 3.63) is 62.0 Å². The van der Waals surface area contributed by atoms with Crippen LogP contribution in [0.2, 0.25) is 0 Å². The van der Waals surface area contributed by atoms with E-state index in [0.717, 1.165) is 37.2 Å². The first-order valence-corrected chi connectivity index (χ1v) is 14.7. The molecule has 1 aromatic heterocycles. The van der Waals surface area contributed by atoms with Crippen LogP contribution in [-0.2, 0) is 11.3 Å². The Morgan fingerprint density at radius 1 is 1.03 bits per heavy atom. The molecule has 2 saturated heterocycles.